The second kappa shape index (κ2) is 6.86. The Hall–Kier alpha value is -1.39. The van der Waals surface area contributed by atoms with Crippen LogP contribution in [0.4, 0.5) is 0 Å². The third-order valence-corrected chi connectivity index (χ3v) is 3.61. The fourth-order valence-electron chi connectivity index (χ4n) is 2.36. The van der Waals surface area contributed by atoms with Gasteiger partial charge >= 0.3 is 0 Å². The molecular weight excluding hydrogens is 272 g/mol. The molecule has 0 aliphatic heterocycles. The van der Waals surface area contributed by atoms with Gasteiger partial charge in [0.2, 0.25) is 0 Å². The summed E-state index contributed by atoms with van der Waals surface area (Å²) in [6.45, 7) is 5.13. The third kappa shape index (κ3) is 3.58. The predicted octanol–water partition coefficient (Wildman–Crippen LogP) is 3.06. The van der Waals surface area contributed by atoms with Gasteiger partial charge in [-0.25, -0.2) is 9.67 Å². The summed E-state index contributed by atoms with van der Waals surface area (Å²) < 4.78 is 1.98. The van der Waals surface area contributed by atoms with Gasteiger partial charge < -0.3 is 5.32 Å². The summed E-state index contributed by atoms with van der Waals surface area (Å²) in [6.07, 6.45) is 2.49. The van der Waals surface area contributed by atoms with Crippen molar-refractivity contribution in [2.45, 2.75) is 32.2 Å². The van der Waals surface area contributed by atoms with Gasteiger partial charge in [-0.3, -0.25) is 0 Å². The molecule has 0 bridgehead atoms. The highest BCUT2D eigenvalue weighted by Gasteiger charge is 2.16. The van der Waals surface area contributed by atoms with E-state index in [2.05, 4.69) is 41.4 Å². The third-order valence-electron chi connectivity index (χ3n) is 3.36. The summed E-state index contributed by atoms with van der Waals surface area (Å²) in [4.78, 5) is 4.40. The highest BCUT2D eigenvalue weighted by atomic mass is 35.5. The first kappa shape index (κ1) is 15.0. The first-order valence-electron chi connectivity index (χ1n) is 6.90. The molecule has 0 fully saturated rings. The van der Waals surface area contributed by atoms with Crippen LogP contribution in [-0.4, -0.2) is 28.4 Å². The molecule has 1 unspecified atom stereocenters. The molecule has 1 aromatic heterocycles. The quantitative estimate of drug-likeness (QED) is 0.890. The summed E-state index contributed by atoms with van der Waals surface area (Å²) in [7, 11) is 1.97. The van der Waals surface area contributed by atoms with E-state index in [1.165, 1.54) is 5.56 Å². The van der Waals surface area contributed by atoms with Gasteiger partial charge in [-0.1, -0.05) is 23.7 Å². The smallest absolute Gasteiger partial charge is 0.138 e. The Morgan fingerprint density at radius 2 is 1.95 bits per heavy atom. The molecular formula is C15H21ClN4. The Morgan fingerprint density at radius 3 is 2.55 bits per heavy atom. The summed E-state index contributed by atoms with van der Waals surface area (Å²) in [5.74, 6) is 1.38. The molecule has 0 aliphatic carbocycles. The lowest BCUT2D eigenvalue weighted by Gasteiger charge is -2.18. The lowest BCUT2D eigenvalue weighted by atomic mass is 9.95. The number of benzene rings is 1. The molecule has 1 N–H and O–H groups in total. The fourth-order valence-corrected chi connectivity index (χ4v) is 2.49. The molecule has 1 aromatic carbocycles. The number of aromatic nitrogens is 3. The van der Waals surface area contributed by atoms with Crippen molar-refractivity contribution in [3.8, 4) is 0 Å². The van der Waals surface area contributed by atoms with Crippen LogP contribution in [0.2, 0.25) is 5.02 Å². The number of likely N-dealkylation sites (N-methyl/N-ethyl adjacent to an activating group) is 1. The van der Waals surface area contributed by atoms with Gasteiger partial charge in [0.05, 0.1) is 0 Å². The minimum absolute atomic E-state index is 0.327. The fraction of sp³-hybridized carbons (Fsp3) is 0.467. The normalized spacial score (nSPS) is 12.8. The zero-order valence-corrected chi connectivity index (χ0v) is 12.9. The number of hydrogen-bond donors (Lipinski definition) is 1. The van der Waals surface area contributed by atoms with Crippen molar-refractivity contribution >= 4 is 11.6 Å². The van der Waals surface area contributed by atoms with Crippen molar-refractivity contribution in [1.82, 2.24) is 20.1 Å². The lowest BCUT2D eigenvalue weighted by molar-refractivity contribution is 0.487. The maximum atomic E-state index is 5.96. The SMILES string of the molecule is CNCC(Cc1ncnn1C(C)C)c1ccc(Cl)cc1. The van der Waals surface area contributed by atoms with Crippen LogP contribution < -0.4 is 5.32 Å². The highest BCUT2D eigenvalue weighted by molar-refractivity contribution is 6.30. The van der Waals surface area contributed by atoms with Gasteiger partial charge in [0, 0.05) is 29.9 Å². The highest BCUT2D eigenvalue weighted by Crippen LogP contribution is 2.22. The first-order chi connectivity index (χ1) is 9.61. The van der Waals surface area contributed by atoms with E-state index >= 15 is 0 Å². The topological polar surface area (TPSA) is 42.7 Å². The Labute approximate surface area is 125 Å². The minimum atomic E-state index is 0.327. The largest absolute Gasteiger partial charge is 0.319 e. The second-order valence-corrected chi connectivity index (χ2v) is 5.66. The Bertz CT molecular complexity index is 533. The van der Waals surface area contributed by atoms with Gasteiger partial charge in [-0.15, -0.1) is 0 Å². The molecule has 0 saturated heterocycles. The molecule has 0 aliphatic rings. The van der Waals surface area contributed by atoms with Gasteiger partial charge in [-0.2, -0.15) is 5.10 Å². The van der Waals surface area contributed by atoms with Crippen LogP contribution in [0.25, 0.3) is 0 Å². The Kier molecular flexibility index (Phi) is 5.15. The summed E-state index contributed by atoms with van der Waals surface area (Å²) >= 11 is 5.96. The molecule has 2 aromatic rings. The molecule has 1 heterocycles. The van der Waals surface area contributed by atoms with Gasteiger partial charge in [0.15, 0.2) is 0 Å². The molecule has 1 atom stereocenters. The molecule has 20 heavy (non-hydrogen) atoms. The molecule has 0 spiro atoms. The summed E-state index contributed by atoms with van der Waals surface area (Å²) in [5, 5.41) is 8.32. The summed E-state index contributed by atoms with van der Waals surface area (Å²) in [5.41, 5.74) is 1.27. The monoisotopic (exact) mass is 292 g/mol. The van der Waals surface area contributed by atoms with E-state index in [0.29, 0.717) is 12.0 Å². The van der Waals surface area contributed by atoms with Gasteiger partial charge in [0.25, 0.3) is 0 Å². The number of halogens is 1. The molecule has 4 nitrogen and oxygen atoms in total. The molecule has 108 valence electrons. The van der Waals surface area contributed by atoms with Crippen LogP contribution in [0.1, 0.15) is 37.2 Å². The molecule has 2 rings (SSSR count). The minimum Gasteiger partial charge on any atom is -0.319 e. The molecule has 5 heteroatoms. The van der Waals surface area contributed by atoms with Crippen LogP contribution in [0, 0.1) is 0 Å². The van der Waals surface area contributed by atoms with Gasteiger partial charge in [0.1, 0.15) is 12.2 Å². The zero-order chi connectivity index (χ0) is 14.5. The van der Waals surface area contributed by atoms with Crippen LogP contribution in [0.3, 0.4) is 0 Å². The molecule has 0 radical (unpaired) electrons. The second-order valence-electron chi connectivity index (χ2n) is 5.22. The van der Waals surface area contributed by atoms with Gasteiger partial charge in [-0.05, 0) is 38.6 Å². The molecule has 0 saturated carbocycles. The van der Waals surface area contributed by atoms with Crippen molar-refractivity contribution in [2.24, 2.45) is 0 Å². The predicted molar refractivity (Wildman–Crippen MR) is 82.2 cm³/mol. The zero-order valence-electron chi connectivity index (χ0n) is 12.2. The number of hydrogen-bond acceptors (Lipinski definition) is 3. The Morgan fingerprint density at radius 1 is 1.25 bits per heavy atom. The maximum Gasteiger partial charge on any atom is 0.138 e. The van der Waals surface area contributed by atoms with Crippen LogP contribution in [0.15, 0.2) is 30.6 Å². The van der Waals surface area contributed by atoms with Crippen molar-refractivity contribution in [2.75, 3.05) is 13.6 Å². The van der Waals surface area contributed by atoms with Crippen LogP contribution >= 0.6 is 11.6 Å². The number of nitrogens with zero attached hydrogens (tertiary/aromatic N) is 3. The van der Waals surface area contributed by atoms with E-state index in [-0.39, 0.29) is 0 Å². The average Bonchev–Trinajstić information content (AvgIpc) is 2.87. The van der Waals surface area contributed by atoms with Crippen molar-refractivity contribution in [3.05, 3.63) is 47.0 Å². The maximum absolute atomic E-state index is 5.96. The lowest BCUT2D eigenvalue weighted by Crippen LogP contribution is -2.21. The first-order valence-corrected chi connectivity index (χ1v) is 7.28. The Balaban J connectivity index is 2.21. The van der Waals surface area contributed by atoms with Crippen molar-refractivity contribution < 1.29 is 0 Å². The van der Waals surface area contributed by atoms with Crippen LogP contribution in [0.5, 0.6) is 0 Å². The van der Waals surface area contributed by atoms with E-state index in [1.807, 2.05) is 23.9 Å². The number of nitrogens with one attached hydrogen (secondary N) is 1. The average molecular weight is 293 g/mol. The van der Waals surface area contributed by atoms with Crippen molar-refractivity contribution in [3.63, 3.8) is 0 Å². The van der Waals surface area contributed by atoms with Crippen LogP contribution in [-0.2, 0) is 6.42 Å². The van der Waals surface area contributed by atoms with E-state index in [1.54, 1.807) is 6.33 Å². The van der Waals surface area contributed by atoms with Crippen molar-refractivity contribution in [1.29, 1.82) is 0 Å². The van der Waals surface area contributed by atoms with E-state index < -0.39 is 0 Å². The summed E-state index contributed by atoms with van der Waals surface area (Å²) in [6, 6.07) is 8.37. The van der Waals surface area contributed by atoms with E-state index in [0.717, 1.165) is 23.8 Å². The standard InChI is InChI=1S/C15H21ClN4/c1-11(2)20-15(18-10-19-20)8-13(9-17-3)12-4-6-14(16)7-5-12/h4-7,10-11,13,17H,8-9H2,1-3H3. The van der Waals surface area contributed by atoms with E-state index in [9.17, 15) is 0 Å². The number of rotatable bonds is 6. The van der Waals surface area contributed by atoms with E-state index in [4.69, 9.17) is 11.6 Å². The molecule has 0 amide bonds.